The molecule has 0 N–H and O–H groups in total. The number of rotatable bonds is 3. The molecule has 2 aromatic carbocycles. The van der Waals surface area contributed by atoms with Gasteiger partial charge in [0.15, 0.2) is 0 Å². The highest BCUT2D eigenvalue weighted by Gasteiger charge is 2.38. The van der Waals surface area contributed by atoms with E-state index in [1.807, 2.05) is 30.3 Å². The number of thiophene rings is 1. The fourth-order valence-corrected chi connectivity index (χ4v) is 5.02. The molecule has 134 valence electrons. The van der Waals surface area contributed by atoms with Crippen LogP contribution >= 0.6 is 11.3 Å². The largest absolute Gasteiger partial charge is 0.300 e. The molecule has 0 saturated heterocycles. The quantitative estimate of drug-likeness (QED) is 0.653. The number of Topliss-reactive ketones (excluding diaryl/α,β-unsaturated/α-hetero) is 1. The summed E-state index contributed by atoms with van der Waals surface area (Å²) >= 11 is 1.80. The maximum absolute atomic E-state index is 12.6. The van der Waals surface area contributed by atoms with Gasteiger partial charge in [-0.25, -0.2) is 0 Å². The van der Waals surface area contributed by atoms with E-state index in [4.69, 9.17) is 0 Å². The van der Waals surface area contributed by atoms with Crippen LogP contribution in [0.5, 0.6) is 0 Å². The van der Waals surface area contributed by atoms with E-state index in [9.17, 15) is 9.59 Å². The van der Waals surface area contributed by atoms with Crippen molar-refractivity contribution in [3.05, 3.63) is 87.6 Å². The van der Waals surface area contributed by atoms with Crippen LogP contribution in [0.4, 0.5) is 5.69 Å². The molecule has 3 aromatic rings. The SMILES string of the molecule is O=C1C(=O)N(CN2CCc3sccc3[C@H]2c2ccccc2)c2ccccc21. The molecule has 5 heteroatoms. The van der Waals surface area contributed by atoms with E-state index in [0.29, 0.717) is 12.2 Å². The lowest BCUT2D eigenvalue weighted by atomic mass is 9.93. The molecular weight excluding hydrogens is 356 g/mol. The molecule has 1 aromatic heterocycles. The molecule has 0 saturated carbocycles. The number of anilines is 1. The summed E-state index contributed by atoms with van der Waals surface area (Å²) in [6.45, 7) is 1.27. The number of benzene rings is 2. The van der Waals surface area contributed by atoms with Crippen molar-refractivity contribution >= 4 is 28.7 Å². The number of nitrogens with zero attached hydrogens (tertiary/aromatic N) is 2. The van der Waals surface area contributed by atoms with Crippen molar-refractivity contribution in [3.8, 4) is 0 Å². The van der Waals surface area contributed by atoms with Crippen molar-refractivity contribution in [1.82, 2.24) is 4.90 Å². The second kappa shape index (κ2) is 6.44. The Balaban J connectivity index is 1.53. The zero-order chi connectivity index (χ0) is 18.4. The van der Waals surface area contributed by atoms with Crippen molar-refractivity contribution < 1.29 is 9.59 Å². The number of carbonyl (C=O) groups is 2. The molecule has 5 rings (SSSR count). The van der Waals surface area contributed by atoms with Gasteiger partial charge in [0, 0.05) is 11.4 Å². The molecule has 4 nitrogen and oxygen atoms in total. The maximum Gasteiger partial charge on any atom is 0.300 e. The first-order valence-electron chi connectivity index (χ1n) is 9.04. The van der Waals surface area contributed by atoms with Gasteiger partial charge in [-0.15, -0.1) is 11.3 Å². The fraction of sp³-hybridized carbons (Fsp3) is 0.182. The lowest BCUT2D eigenvalue weighted by Gasteiger charge is -2.38. The summed E-state index contributed by atoms with van der Waals surface area (Å²) in [5.74, 6) is -0.839. The Morgan fingerprint density at radius 2 is 1.74 bits per heavy atom. The van der Waals surface area contributed by atoms with Crippen LogP contribution in [0.1, 0.15) is 32.4 Å². The average molecular weight is 374 g/mol. The van der Waals surface area contributed by atoms with Crippen LogP contribution in [-0.2, 0) is 11.2 Å². The first-order valence-corrected chi connectivity index (χ1v) is 9.92. The number of hydrogen-bond acceptors (Lipinski definition) is 4. The monoisotopic (exact) mass is 374 g/mol. The third kappa shape index (κ3) is 2.62. The second-order valence-electron chi connectivity index (χ2n) is 6.90. The van der Waals surface area contributed by atoms with Crippen LogP contribution in [0, 0.1) is 0 Å². The minimum absolute atomic E-state index is 0.0943. The molecule has 1 atom stereocenters. The molecule has 2 aliphatic rings. The smallest absolute Gasteiger partial charge is 0.291 e. The molecule has 0 radical (unpaired) electrons. The number of amides is 1. The van der Waals surface area contributed by atoms with E-state index in [-0.39, 0.29) is 6.04 Å². The zero-order valence-corrected chi connectivity index (χ0v) is 15.5. The van der Waals surface area contributed by atoms with Gasteiger partial charge in [-0.2, -0.15) is 0 Å². The van der Waals surface area contributed by atoms with E-state index in [2.05, 4.69) is 28.5 Å². The number of hydrogen-bond donors (Lipinski definition) is 0. The number of para-hydroxylation sites is 1. The maximum atomic E-state index is 12.6. The van der Waals surface area contributed by atoms with Gasteiger partial charge in [0.05, 0.1) is 24.0 Å². The summed E-state index contributed by atoms with van der Waals surface area (Å²) in [5, 5.41) is 2.14. The highest BCUT2D eigenvalue weighted by molar-refractivity contribution is 7.10. The Morgan fingerprint density at radius 1 is 0.963 bits per heavy atom. The van der Waals surface area contributed by atoms with Crippen molar-refractivity contribution in [3.63, 3.8) is 0 Å². The van der Waals surface area contributed by atoms with E-state index < -0.39 is 11.7 Å². The van der Waals surface area contributed by atoms with E-state index in [0.717, 1.165) is 18.7 Å². The third-order valence-electron chi connectivity index (χ3n) is 5.38. The van der Waals surface area contributed by atoms with Crippen LogP contribution in [0.3, 0.4) is 0 Å². The topological polar surface area (TPSA) is 40.6 Å². The minimum Gasteiger partial charge on any atom is -0.291 e. The van der Waals surface area contributed by atoms with Crippen molar-refractivity contribution in [2.75, 3.05) is 18.1 Å². The summed E-state index contributed by atoms with van der Waals surface area (Å²) in [7, 11) is 0. The molecule has 27 heavy (non-hydrogen) atoms. The van der Waals surface area contributed by atoms with Crippen LogP contribution in [-0.4, -0.2) is 29.8 Å². The predicted molar refractivity (Wildman–Crippen MR) is 106 cm³/mol. The Morgan fingerprint density at radius 3 is 2.59 bits per heavy atom. The third-order valence-corrected chi connectivity index (χ3v) is 6.38. The lowest BCUT2D eigenvalue weighted by Crippen LogP contribution is -2.45. The van der Waals surface area contributed by atoms with Crippen molar-refractivity contribution in [1.29, 1.82) is 0 Å². The highest BCUT2D eigenvalue weighted by Crippen LogP contribution is 2.39. The molecule has 0 fully saturated rings. The van der Waals surface area contributed by atoms with Gasteiger partial charge >= 0.3 is 5.91 Å². The Kier molecular flexibility index (Phi) is 3.92. The van der Waals surface area contributed by atoms with Crippen molar-refractivity contribution in [2.24, 2.45) is 0 Å². The summed E-state index contributed by atoms with van der Waals surface area (Å²) in [4.78, 5) is 30.3. The van der Waals surface area contributed by atoms with E-state index in [1.165, 1.54) is 16.0 Å². The van der Waals surface area contributed by atoms with Crippen LogP contribution in [0.15, 0.2) is 66.0 Å². The Labute approximate surface area is 161 Å². The summed E-state index contributed by atoms with van der Waals surface area (Å²) in [5.41, 5.74) is 3.74. The van der Waals surface area contributed by atoms with Gasteiger partial charge in [0.2, 0.25) is 0 Å². The molecule has 1 amide bonds. The van der Waals surface area contributed by atoms with Gasteiger partial charge < -0.3 is 0 Å². The molecular formula is C22H18N2O2S. The molecule has 0 aliphatic carbocycles. The number of fused-ring (bicyclic) bond motifs is 2. The van der Waals surface area contributed by atoms with Gasteiger partial charge in [0.25, 0.3) is 5.78 Å². The highest BCUT2D eigenvalue weighted by atomic mass is 32.1. The standard InChI is InChI=1S/C22H18N2O2S/c25-21-16-8-4-5-9-18(16)24(22(21)26)14-23-12-10-19-17(11-13-27-19)20(23)15-6-2-1-3-7-15/h1-9,11,13,20H,10,12,14H2/t20-/m1/s1. The van der Waals surface area contributed by atoms with Gasteiger partial charge in [-0.1, -0.05) is 42.5 Å². The number of ketones is 1. The summed E-state index contributed by atoms with van der Waals surface area (Å²) in [6.07, 6.45) is 0.966. The van der Waals surface area contributed by atoms with Crippen LogP contribution in [0.2, 0.25) is 0 Å². The van der Waals surface area contributed by atoms with Gasteiger partial charge in [0.1, 0.15) is 0 Å². The normalized spacial score (nSPS) is 19.3. The Hall–Kier alpha value is -2.76. The summed E-state index contributed by atoms with van der Waals surface area (Å²) in [6, 6.07) is 19.9. The Bertz CT molecular complexity index is 1030. The van der Waals surface area contributed by atoms with Crippen molar-refractivity contribution in [2.45, 2.75) is 12.5 Å². The second-order valence-corrected chi connectivity index (χ2v) is 7.90. The van der Waals surface area contributed by atoms with E-state index in [1.54, 1.807) is 28.4 Å². The molecule has 2 aliphatic heterocycles. The van der Waals surface area contributed by atoms with Crippen LogP contribution in [0.25, 0.3) is 0 Å². The molecule has 3 heterocycles. The first-order chi connectivity index (χ1) is 13.2. The van der Waals surface area contributed by atoms with E-state index >= 15 is 0 Å². The first kappa shape index (κ1) is 16.4. The minimum atomic E-state index is -0.431. The van der Waals surface area contributed by atoms with Gasteiger partial charge in [-0.05, 0) is 41.1 Å². The molecule has 0 spiro atoms. The van der Waals surface area contributed by atoms with Crippen LogP contribution < -0.4 is 4.90 Å². The number of carbonyl (C=O) groups excluding carboxylic acids is 2. The zero-order valence-electron chi connectivity index (χ0n) is 14.7. The summed E-state index contributed by atoms with van der Waals surface area (Å²) < 4.78 is 0. The molecule has 0 unspecified atom stereocenters. The molecule has 0 bridgehead atoms. The lowest BCUT2D eigenvalue weighted by molar-refractivity contribution is -0.114. The fourth-order valence-electron chi connectivity index (χ4n) is 4.12. The van der Waals surface area contributed by atoms with Gasteiger partial charge in [-0.3, -0.25) is 19.4 Å². The predicted octanol–water partition coefficient (Wildman–Crippen LogP) is 3.88. The average Bonchev–Trinajstić information content (AvgIpc) is 3.28.